The van der Waals surface area contributed by atoms with Gasteiger partial charge in [0.15, 0.2) is 9.04 Å². The summed E-state index contributed by atoms with van der Waals surface area (Å²) in [6.07, 6.45) is 0. The molecule has 0 aromatic heterocycles. The molecule has 2 nitrogen and oxygen atoms in total. The standard InChI is InChI=1S/C5H15O2Si2/c1-6-9(4,5)7-8(2)3/h1-5H3. The summed E-state index contributed by atoms with van der Waals surface area (Å²) in [5.74, 6) is 0. The van der Waals surface area contributed by atoms with Gasteiger partial charge in [0.1, 0.15) is 0 Å². The SMILES string of the molecule is CO[Si](C)(C)O[Si](C)C. The highest BCUT2D eigenvalue weighted by atomic mass is 28.4. The van der Waals surface area contributed by atoms with E-state index in [2.05, 4.69) is 26.2 Å². The molecule has 0 heterocycles. The van der Waals surface area contributed by atoms with E-state index < -0.39 is 17.6 Å². The molecule has 0 saturated carbocycles. The van der Waals surface area contributed by atoms with E-state index in [9.17, 15) is 0 Å². The zero-order chi connectivity index (χ0) is 7.49. The molecule has 0 N–H and O–H groups in total. The highest BCUT2D eigenvalue weighted by molar-refractivity contribution is 6.72. The topological polar surface area (TPSA) is 18.5 Å². The van der Waals surface area contributed by atoms with Crippen LogP contribution < -0.4 is 0 Å². The van der Waals surface area contributed by atoms with Crippen molar-refractivity contribution >= 4 is 17.6 Å². The van der Waals surface area contributed by atoms with Crippen LogP contribution in [0.25, 0.3) is 0 Å². The van der Waals surface area contributed by atoms with E-state index in [1.807, 2.05) is 0 Å². The minimum Gasteiger partial charge on any atom is -0.436 e. The Morgan fingerprint density at radius 2 is 1.67 bits per heavy atom. The Kier molecular flexibility index (Phi) is 3.64. The molecule has 9 heavy (non-hydrogen) atoms. The van der Waals surface area contributed by atoms with Gasteiger partial charge in [0.25, 0.3) is 0 Å². The van der Waals surface area contributed by atoms with E-state index in [0.717, 1.165) is 0 Å². The Balaban J connectivity index is 3.58. The first-order chi connectivity index (χ1) is 3.98. The molecule has 0 aromatic rings. The van der Waals surface area contributed by atoms with Crippen molar-refractivity contribution in [3.63, 3.8) is 0 Å². The second-order valence-corrected chi connectivity index (χ2v) is 8.46. The van der Waals surface area contributed by atoms with E-state index in [1.54, 1.807) is 7.11 Å². The first-order valence-electron chi connectivity index (χ1n) is 3.02. The highest BCUT2D eigenvalue weighted by Crippen LogP contribution is 2.05. The van der Waals surface area contributed by atoms with E-state index in [1.165, 1.54) is 0 Å². The molecular weight excluding hydrogens is 148 g/mol. The lowest BCUT2D eigenvalue weighted by molar-refractivity contribution is 0.317. The average Bonchev–Trinajstić information content (AvgIpc) is 1.63. The van der Waals surface area contributed by atoms with Crippen molar-refractivity contribution in [3.05, 3.63) is 0 Å². The van der Waals surface area contributed by atoms with Crippen molar-refractivity contribution < 1.29 is 8.54 Å². The van der Waals surface area contributed by atoms with Gasteiger partial charge >= 0.3 is 8.56 Å². The molecule has 0 aliphatic carbocycles. The molecule has 0 aromatic carbocycles. The lowest BCUT2D eigenvalue weighted by Gasteiger charge is -2.22. The van der Waals surface area contributed by atoms with Crippen LogP contribution in [0.5, 0.6) is 0 Å². The molecule has 0 saturated heterocycles. The lowest BCUT2D eigenvalue weighted by Crippen LogP contribution is -2.37. The molecule has 0 amide bonds. The van der Waals surface area contributed by atoms with Crippen LogP contribution in [0.2, 0.25) is 26.2 Å². The number of hydrogen-bond acceptors (Lipinski definition) is 2. The van der Waals surface area contributed by atoms with Gasteiger partial charge in [-0.25, -0.2) is 0 Å². The Bertz CT molecular complexity index is 83.0. The Morgan fingerprint density at radius 1 is 1.22 bits per heavy atom. The lowest BCUT2D eigenvalue weighted by atomic mass is 11.8. The maximum Gasteiger partial charge on any atom is 0.321 e. The summed E-state index contributed by atoms with van der Waals surface area (Å²) in [5.41, 5.74) is 0. The summed E-state index contributed by atoms with van der Waals surface area (Å²) in [6.45, 7) is 8.37. The average molecular weight is 163 g/mol. The van der Waals surface area contributed by atoms with Crippen molar-refractivity contribution in [1.29, 1.82) is 0 Å². The maximum atomic E-state index is 5.61. The van der Waals surface area contributed by atoms with Gasteiger partial charge in [-0.2, -0.15) is 0 Å². The molecule has 4 heteroatoms. The summed E-state index contributed by atoms with van der Waals surface area (Å²) in [5, 5.41) is 0. The van der Waals surface area contributed by atoms with Gasteiger partial charge in [0, 0.05) is 7.11 Å². The molecular formula is C5H15O2Si2. The van der Waals surface area contributed by atoms with Crippen LogP contribution in [0.1, 0.15) is 0 Å². The van der Waals surface area contributed by atoms with Crippen molar-refractivity contribution in [2.45, 2.75) is 26.2 Å². The van der Waals surface area contributed by atoms with Gasteiger partial charge in [-0.3, -0.25) is 0 Å². The molecule has 0 unspecified atom stereocenters. The molecule has 0 fully saturated rings. The van der Waals surface area contributed by atoms with Crippen LogP contribution in [0.15, 0.2) is 0 Å². The second kappa shape index (κ2) is 3.50. The Morgan fingerprint density at radius 3 is 1.78 bits per heavy atom. The van der Waals surface area contributed by atoms with Crippen molar-refractivity contribution in [2.75, 3.05) is 7.11 Å². The number of rotatable bonds is 3. The van der Waals surface area contributed by atoms with Gasteiger partial charge in [0.2, 0.25) is 0 Å². The van der Waals surface area contributed by atoms with Crippen LogP contribution in [0.4, 0.5) is 0 Å². The van der Waals surface area contributed by atoms with Gasteiger partial charge < -0.3 is 8.54 Å². The Hall–Kier alpha value is 0.354. The van der Waals surface area contributed by atoms with E-state index >= 15 is 0 Å². The third kappa shape index (κ3) is 4.83. The van der Waals surface area contributed by atoms with Gasteiger partial charge in [-0.15, -0.1) is 0 Å². The predicted molar refractivity (Wildman–Crippen MR) is 43.1 cm³/mol. The first-order valence-corrected chi connectivity index (χ1v) is 8.25. The highest BCUT2D eigenvalue weighted by Gasteiger charge is 2.23. The van der Waals surface area contributed by atoms with Crippen molar-refractivity contribution in [2.24, 2.45) is 0 Å². The van der Waals surface area contributed by atoms with E-state index in [4.69, 9.17) is 8.54 Å². The Labute approximate surface area is 60.2 Å². The van der Waals surface area contributed by atoms with Crippen LogP contribution in [0, 0.1) is 0 Å². The third-order valence-electron chi connectivity index (χ3n) is 0.941. The summed E-state index contributed by atoms with van der Waals surface area (Å²) in [6, 6.07) is 0. The molecule has 0 rings (SSSR count). The minimum atomic E-state index is -1.70. The fourth-order valence-electron chi connectivity index (χ4n) is 0.533. The predicted octanol–water partition coefficient (Wildman–Crippen LogP) is 1.60. The van der Waals surface area contributed by atoms with Crippen molar-refractivity contribution in [3.8, 4) is 0 Å². The second-order valence-electron chi connectivity index (χ2n) is 2.61. The fourth-order valence-corrected chi connectivity index (χ4v) is 4.80. The summed E-state index contributed by atoms with van der Waals surface area (Å²) >= 11 is 0. The third-order valence-corrected chi connectivity index (χ3v) is 5.52. The molecule has 0 aliphatic rings. The number of hydrogen-bond donors (Lipinski definition) is 0. The largest absolute Gasteiger partial charge is 0.436 e. The molecule has 0 bridgehead atoms. The first kappa shape index (κ1) is 9.35. The summed E-state index contributed by atoms with van der Waals surface area (Å²) < 4.78 is 10.8. The van der Waals surface area contributed by atoms with Crippen LogP contribution >= 0.6 is 0 Å². The molecule has 1 radical (unpaired) electrons. The smallest absolute Gasteiger partial charge is 0.321 e. The summed E-state index contributed by atoms with van der Waals surface area (Å²) in [7, 11) is -0.543. The fraction of sp³-hybridized carbons (Fsp3) is 1.00. The van der Waals surface area contributed by atoms with E-state index in [0.29, 0.717) is 0 Å². The van der Waals surface area contributed by atoms with Crippen LogP contribution in [0.3, 0.4) is 0 Å². The normalized spacial score (nSPS) is 12.7. The zero-order valence-corrected chi connectivity index (χ0v) is 8.82. The molecule has 0 atom stereocenters. The van der Waals surface area contributed by atoms with Gasteiger partial charge in [-0.05, 0) is 26.2 Å². The van der Waals surface area contributed by atoms with Crippen molar-refractivity contribution in [1.82, 2.24) is 0 Å². The van der Waals surface area contributed by atoms with Crippen LogP contribution in [-0.2, 0) is 8.54 Å². The van der Waals surface area contributed by atoms with Crippen LogP contribution in [-0.4, -0.2) is 24.7 Å². The molecule has 0 spiro atoms. The summed E-state index contributed by atoms with van der Waals surface area (Å²) in [4.78, 5) is 0. The van der Waals surface area contributed by atoms with E-state index in [-0.39, 0.29) is 0 Å². The zero-order valence-electron chi connectivity index (χ0n) is 6.82. The molecule has 55 valence electrons. The minimum absolute atomic E-state index is 0.567. The van der Waals surface area contributed by atoms with Gasteiger partial charge in [0.05, 0.1) is 0 Å². The molecule has 0 aliphatic heterocycles. The van der Waals surface area contributed by atoms with Gasteiger partial charge in [-0.1, -0.05) is 0 Å². The quantitative estimate of drug-likeness (QED) is 0.588. The monoisotopic (exact) mass is 163 g/mol. The maximum absolute atomic E-state index is 5.61.